The topological polar surface area (TPSA) is 76.7 Å². The molecule has 0 aromatic carbocycles. The fourth-order valence-corrected chi connectivity index (χ4v) is 3.05. The van der Waals surface area contributed by atoms with Crippen LogP contribution in [0.25, 0.3) is 0 Å². The van der Waals surface area contributed by atoms with Crippen LogP contribution in [0.2, 0.25) is 0 Å². The van der Waals surface area contributed by atoms with E-state index >= 15 is 0 Å². The van der Waals surface area contributed by atoms with Gasteiger partial charge in [-0.15, -0.1) is 0 Å². The quantitative estimate of drug-likeness (QED) is 0.782. The number of carbonyl (C=O) groups is 2. The second kappa shape index (κ2) is 8.74. The fraction of sp³-hybridized carbons (Fsp3) is 0.867. The molecule has 0 saturated heterocycles. The summed E-state index contributed by atoms with van der Waals surface area (Å²) in [5.41, 5.74) is 0. The predicted octanol–water partition coefficient (Wildman–Crippen LogP) is 3.06. The lowest BCUT2D eigenvalue weighted by molar-refractivity contribution is 0.0209. The molecule has 2 aliphatic carbocycles. The standard InChI is InChI=1S/C15H26N2O4/c18-14(16-12-7-3-1-4-8-12)20-11-21-15(19)17-13-9-5-2-6-10-13/h12-13H,1-11H2,(H,16,18)(H,17,19). The molecule has 2 rings (SSSR count). The lowest BCUT2D eigenvalue weighted by Gasteiger charge is -2.23. The molecule has 120 valence electrons. The van der Waals surface area contributed by atoms with Crippen LogP contribution < -0.4 is 10.6 Å². The molecule has 0 aromatic rings. The van der Waals surface area contributed by atoms with Gasteiger partial charge in [0.1, 0.15) is 0 Å². The highest BCUT2D eigenvalue weighted by molar-refractivity contribution is 5.69. The molecule has 0 aromatic heterocycles. The van der Waals surface area contributed by atoms with Crippen LogP contribution in [-0.4, -0.2) is 31.1 Å². The van der Waals surface area contributed by atoms with Gasteiger partial charge in [0.05, 0.1) is 0 Å². The average molecular weight is 298 g/mol. The van der Waals surface area contributed by atoms with Crippen LogP contribution in [0.5, 0.6) is 0 Å². The van der Waals surface area contributed by atoms with Crippen LogP contribution >= 0.6 is 0 Å². The summed E-state index contributed by atoms with van der Waals surface area (Å²) in [5.74, 6) is 0. The fourth-order valence-electron chi connectivity index (χ4n) is 3.05. The van der Waals surface area contributed by atoms with E-state index in [2.05, 4.69) is 10.6 Å². The summed E-state index contributed by atoms with van der Waals surface area (Å²) >= 11 is 0. The van der Waals surface area contributed by atoms with Gasteiger partial charge in [0.15, 0.2) is 0 Å². The zero-order valence-corrected chi connectivity index (χ0v) is 12.6. The Balaban J connectivity index is 1.53. The molecule has 2 aliphatic rings. The van der Waals surface area contributed by atoms with E-state index in [0.717, 1.165) is 51.4 Å². The summed E-state index contributed by atoms with van der Waals surface area (Å²) in [4.78, 5) is 23.1. The smallest absolute Gasteiger partial charge is 0.410 e. The molecule has 0 heterocycles. The Labute approximate surface area is 125 Å². The van der Waals surface area contributed by atoms with E-state index < -0.39 is 12.2 Å². The van der Waals surface area contributed by atoms with Gasteiger partial charge in [-0.3, -0.25) is 0 Å². The normalized spacial score (nSPS) is 20.6. The van der Waals surface area contributed by atoms with Crippen molar-refractivity contribution in [3.63, 3.8) is 0 Å². The molecule has 6 nitrogen and oxygen atoms in total. The molecule has 2 N–H and O–H groups in total. The van der Waals surface area contributed by atoms with Crippen LogP contribution in [-0.2, 0) is 9.47 Å². The Hall–Kier alpha value is -1.46. The van der Waals surface area contributed by atoms with E-state index in [0.29, 0.717) is 0 Å². The molecule has 21 heavy (non-hydrogen) atoms. The lowest BCUT2D eigenvalue weighted by atomic mass is 9.96. The number of nitrogens with one attached hydrogen (secondary N) is 2. The van der Waals surface area contributed by atoms with E-state index in [1.165, 1.54) is 12.8 Å². The van der Waals surface area contributed by atoms with Crippen molar-refractivity contribution in [2.24, 2.45) is 0 Å². The van der Waals surface area contributed by atoms with Crippen molar-refractivity contribution in [3.05, 3.63) is 0 Å². The highest BCUT2D eigenvalue weighted by atomic mass is 16.7. The van der Waals surface area contributed by atoms with Crippen molar-refractivity contribution >= 4 is 12.2 Å². The van der Waals surface area contributed by atoms with E-state index in [9.17, 15) is 9.59 Å². The lowest BCUT2D eigenvalue weighted by Crippen LogP contribution is -2.39. The van der Waals surface area contributed by atoms with E-state index in [1.807, 2.05) is 0 Å². The molecule has 0 spiro atoms. The first-order valence-corrected chi connectivity index (χ1v) is 8.10. The first kappa shape index (κ1) is 15.9. The van der Waals surface area contributed by atoms with Crippen molar-refractivity contribution in [2.45, 2.75) is 76.3 Å². The molecule has 2 amide bonds. The van der Waals surface area contributed by atoms with Crippen molar-refractivity contribution in [3.8, 4) is 0 Å². The Morgan fingerprint density at radius 2 is 1.10 bits per heavy atom. The molecule has 0 bridgehead atoms. The molecule has 0 atom stereocenters. The van der Waals surface area contributed by atoms with E-state index in [4.69, 9.17) is 9.47 Å². The van der Waals surface area contributed by atoms with E-state index in [-0.39, 0.29) is 18.9 Å². The van der Waals surface area contributed by atoms with Gasteiger partial charge in [-0.1, -0.05) is 38.5 Å². The molecule has 0 unspecified atom stereocenters. The van der Waals surface area contributed by atoms with Crippen molar-refractivity contribution < 1.29 is 19.1 Å². The number of alkyl carbamates (subject to hydrolysis) is 2. The van der Waals surface area contributed by atoms with Gasteiger partial charge in [0.2, 0.25) is 6.79 Å². The van der Waals surface area contributed by atoms with Crippen molar-refractivity contribution in [1.82, 2.24) is 10.6 Å². The van der Waals surface area contributed by atoms with Crippen LogP contribution in [0.15, 0.2) is 0 Å². The largest absolute Gasteiger partial charge is 0.412 e. The highest BCUT2D eigenvalue weighted by Crippen LogP contribution is 2.18. The summed E-state index contributed by atoms with van der Waals surface area (Å²) in [6.45, 7) is -0.336. The summed E-state index contributed by atoms with van der Waals surface area (Å²) in [6.07, 6.45) is 10.0. The van der Waals surface area contributed by atoms with Crippen LogP contribution in [0.3, 0.4) is 0 Å². The van der Waals surface area contributed by atoms with Gasteiger partial charge in [0.25, 0.3) is 0 Å². The second-order valence-electron chi connectivity index (χ2n) is 5.94. The highest BCUT2D eigenvalue weighted by Gasteiger charge is 2.18. The number of hydrogen-bond acceptors (Lipinski definition) is 4. The van der Waals surface area contributed by atoms with Gasteiger partial charge in [-0.2, -0.15) is 0 Å². The number of rotatable bonds is 4. The maximum Gasteiger partial charge on any atom is 0.410 e. The Kier molecular flexibility index (Phi) is 6.63. The van der Waals surface area contributed by atoms with Crippen LogP contribution in [0.1, 0.15) is 64.2 Å². The molecular weight excluding hydrogens is 272 g/mol. The minimum Gasteiger partial charge on any atom is -0.412 e. The number of amides is 2. The molecule has 2 fully saturated rings. The third kappa shape index (κ3) is 6.23. The van der Waals surface area contributed by atoms with Crippen molar-refractivity contribution in [2.75, 3.05) is 6.79 Å². The zero-order chi connectivity index (χ0) is 14.9. The first-order valence-electron chi connectivity index (χ1n) is 8.10. The summed E-state index contributed by atoms with van der Waals surface area (Å²) in [5, 5.41) is 5.60. The van der Waals surface area contributed by atoms with Crippen LogP contribution in [0, 0.1) is 0 Å². The number of ether oxygens (including phenoxy) is 2. The predicted molar refractivity (Wildman–Crippen MR) is 77.8 cm³/mol. The monoisotopic (exact) mass is 298 g/mol. The Bertz CT molecular complexity index is 305. The van der Waals surface area contributed by atoms with Gasteiger partial charge in [-0.05, 0) is 25.7 Å². The average Bonchev–Trinajstić information content (AvgIpc) is 2.49. The Morgan fingerprint density at radius 3 is 1.48 bits per heavy atom. The van der Waals surface area contributed by atoms with Gasteiger partial charge < -0.3 is 20.1 Å². The first-order chi connectivity index (χ1) is 10.2. The maximum absolute atomic E-state index is 11.5. The molecule has 2 saturated carbocycles. The maximum atomic E-state index is 11.5. The summed E-state index contributed by atoms with van der Waals surface area (Å²) < 4.78 is 9.74. The van der Waals surface area contributed by atoms with Gasteiger partial charge in [-0.25, -0.2) is 9.59 Å². The minimum absolute atomic E-state index is 0.197. The second-order valence-corrected chi connectivity index (χ2v) is 5.94. The third-order valence-electron chi connectivity index (χ3n) is 4.23. The Morgan fingerprint density at radius 1 is 0.714 bits per heavy atom. The van der Waals surface area contributed by atoms with Crippen LogP contribution in [0.4, 0.5) is 9.59 Å². The molecule has 6 heteroatoms. The molecule has 0 radical (unpaired) electrons. The van der Waals surface area contributed by atoms with Gasteiger partial charge >= 0.3 is 12.2 Å². The summed E-state index contributed by atoms with van der Waals surface area (Å²) in [7, 11) is 0. The van der Waals surface area contributed by atoms with E-state index in [1.54, 1.807) is 0 Å². The van der Waals surface area contributed by atoms with Gasteiger partial charge in [0, 0.05) is 12.1 Å². The van der Waals surface area contributed by atoms with Crippen molar-refractivity contribution in [1.29, 1.82) is 0 Å². The molecular formula is C15H26N2O4. The number of carbonyl (C=O) groups excluding carboxylic acids is 2. The SMILES string of the molecule is O=C(NC1CCCCC1)OCOC(=O)NC1CCCCC1. The summed E-state index contributed by atoms with van der Waals surface area (Å²) in [6, 6.07) is 0.393. The third-order valence-corrected chi connectivity index (χ3v) is 4.23. The molecule has 0 aliphatic heterocycles. The minimum atomic E-state index is -0.507. The zero-order valence-electron chi connectivity index (χ0n) is 12.6. The number of hydrogen-bond donors (Lipinski definition) is 2.